The summed E-state index contributed by atoms with van der Waals surface area (Å²) >= 11 is 0.975. The highest BCUT2D eigenvalue weighted by Crippen LogP contribution is 2.32. The van der Waals surface area contributed by atoms with Crippen molar-refractivity contribution >= 4 is 23.1 Å². The normalized spacial score (nSPS) is 11.3. The van der Waals surface area contributed by atoms with Crippen LogP contribution in [0.5, 0.6) is 5.75 Å². The van der Waals surface area contributed by atoms with E-state index < -0.39 is 5.97 Å². The van der Waals surface area contributed by atoms with Gasteiger partial charge in [0.25, 0.3) is 0 Å². The van der Waals surface area contributed by atoms with E-state index >= 15 is 0 Å². The van der Waals surface area contributed by atoms with E-state index in [2.05, 4.69) is 38.7 Å². The maximum atomic E-state index is 12.1. The van der Waals surface area contributed by atoms with Crippen LogP contribution < -0.4 is 9.84 Å². The average Bonchev–Trinajstić information content (AvgIpc) is 3.02. The largest absolute Gasteiger partial charge is 0.543 e. The molecule has 0 unspecified atom stereocenters. The predicted octanol–water partition coefficient (Wildman–Crippen LogP) is 2.63. The molecule has 1 heterocycles. The van der Waals surface area contributed by atoms with Gasteiger partial charge in [-0.1, -0.05) is 39.8 Å². The molecule has 0 aliphatic carbocycles. The lowest BCUT2D eigenvalue weighted by molar-refractivity contribution is -0.255. The molecule has 0 bridgehead atoms. The molecule has 1 aromatic carbocycles. The van der Waals surface area contributed by atoms with Gasteiger partial charge in [-0.3, -0.25) is 4.79 Å². The number of Topliss-reactive ketones (excluding diaryl/α,β-unsaturated/α-hetero) is 1. The Morgan fingerprint density at radius 1 is 1.29 bits per heavy atom. The van der Waals surface area contributed by atoms with E-state index in [1.165, 1.54) is 10.9 Å². The molecule has 1 aromatic heterocycles. The molecule has 0 amide bonds. The van der Waals surface area contributed by atoms with Crippen LogP contribution in [-0.2, 0) is 11.8 Å². The van der Waals surface area contributed by atoms with Gasteiger partial charge in [-0.25, -0.2) is 4.98 Å². The molecular weight excluding hydrogens is 326 g/mol. The minimum absolute atomic E-state index is 0.108. The van der Waals surface area contributed by atoms with Crippen molar-refractivity contribution in [2.24, 2.45) is 0 Å². The topological polar surface area (TPSA) is 79.3 Å². The van der Waals surface area contributed by atoms with Crippen LogP contribution in [0.2, 0.25) is 0 Å². The highest BCUT2D eigenvalue weighted by atomic mass is 32.1. The number of hydrogen-bond donors (Lipinski definition) is 0. The van der Waals surface area contributed by atoms with Crippen molar-refractivity contribution in [1.82, 2.24) is 4.98 Å². The zero-order valence-corrected chi connectivity index (χ0v) is 15.0. The minimum atomic E-state index is -1.39. The summed E-state index contributed by atoms with van der Waals surface area (Å²) in [4.78, 5) is 26.6. The number of thiazole rings is 1. The molecule has 0 fully saturated rings. The van der Waals surface area contributed by atoms with Crippen molar-refractivity contribution in [2.75, 3.05) is 6.61 Å². The molecule has 0 aliphatic heterocycles. The Bertz CT molecular complexity index is 759. The summed E-state index contributed by atoms with van der Waals surface area (Å²) in [6.07, 6.45) is 0.924. The van der Waals surface area contributed by atoms with Crippen LogP contribution in [0, 0.1) is 0 Å². The van der Waals surface area contributed by atoms with Gasteiger partial charge in [0.15, 0.2) is 11.6 Å². The summed E-state index contributed by atoms with van der Waals surface area (Å²) in [5, 5.41) is 12.1. The third kappa shape index (κ3) is 4.20. The lowest BCUT2D eigenvalue weighted by Crippen LogP contribution is -2.23. The fourth-order valence-electron chi connectivity index (χ4n) is 2.21. The number of rotatable bonds is 6. The lowest BCUT2D eigenvalue weighted by Gasteiger charge is -2.23. The second-order valence-electron chi connectivity index (χ2n) is 6.47. The zero-order chi connectivity index (χ0) is 17.9. The van der Waals surface area contributed by atoms with Crippen LogP contribution in [-0.4, -0.2) is 23.3 Å². The summed E-state index contributed by atoms with van der Waals surface area (Å²) in [5.74, 6) is -1.09. The first-order chi connectivity index (χ1) is 11.2. The minimum Gasteiger partial charge on any atom is -0.543 e. The van der Waals surface area contributed by atoms with E-state index in [4.69, 9.17) is 4.74 Å². The van der Waals surface area contributed by atoms with Crippen molar-refractivity contribution in [3.63, 3.8) is 0 Å². The molecule has 2 aromatic rings. The smallest absolute Gasteiger partial charge is 0.228 e. The number of ether oxygens (including phenoxy) is 1. The number of benzene rings is 1. The van der Waals surface area contributed by atoms with Crippen molar-refractivity contribution in [2.45, 2.75) is 39.5 Å². The van der Waals surface area contributed by atoms with E-state index in [1.54, 1.807) is 0 Å². The molecule has 0 aliphatic rings. The molecule has 2 rings (SSSR count). The van der Waals surface area contributed by atoms with Crippen LogP contribution in [0.15, 0.2) is 23.6 Å². The fraction of sp³-hybridized carbons (Fsp3) is 0.389. The summed E-state index contributed by atoms with van der Waals surface area (Å²) in [6, 6.07) is 5.95. The fourth-order valence-corrected chi connectivity index (χ4v) is 2.92. The molecule has 5 nitrogen and oxygen atoms in total. The summed E-state index contributed by atoms with van der Waals surface area (Å²) in [5.41, 5.74) is 1.89. The lowest BCUT2D eigenvalue weighted by atomic mass is 9.85. The Kier molecular flexibility index (Phi) is 5.39. The molecule has 0 saturated carbocycles. The van der Waals surface area contributed by atoms with Gasteiger partial charge in [-0.15, -0.1) is 11.3 Å². The zero-order valence-electron chi connectivity index (χ0n) is 14.2. The van der Waals surface area contributed by atoms with E-state index in [0.29, 0.717) is 5.75 Å². The van der Waals surface area contributed by atoms with Crippen LogP contribution in [0.3, 0.4) is 0 Å². The highest BCUT2D eigenvalue weighted by Gasteiger charge is 2.21. The van der Waals surface area contributed by atoms with Crippen molar-refractivity contribution in [3.8, 4) is 5.75 Å². The molecule has 0 spiro atoms. The number of carbonyl (C=O) groups excluding carboxylic acids is 2. The van der Waals surface area contributed by atoms with E-state index in [1.807, 2.05) is 12.1 Å². The number of carboxylic acid groups (broad SMARTS) is 1. The molecule has 128 valence electrons. The van der Waals surface area contributed by atoms with Gasteiger partial charge < -0.3 is 14.6 Å². The van der Waals surface area contributed by atoms with Gasteiger partial charge in [0.1, 0.15) is 5.75 Å². The summed E-state index contributed by atoms with van der Waals surface area (Å²) in [6.45, 7) is 8.16. The van der Waals surface area contributed by atoms with Crippen molar-refractivity contribution in [3.05, 3.63) is 45.4 Å². The number of hydrogen-bond acceptors (Lipinski definition) is 6. The SMILES string of the molecule is CCc1ccc(OCC(=O)c2nc(C(=O)[O-])cs2)c(C(C)(C)C)c1. The molecular formula is C18H20NO4S-. The number of aryl methyl sites for hydroxylation is 1. The number of ketones is 1. The van der Waals surface area contributed by atoms with Gasteiger partial charge in [-0.05, 0) is 29.0 Å². The first kappa shape index (κ1) is 18.1. The number of carbonyl (C=O) groups is 2. The number of nitrogens with zero attached hydrogens (tertiary/aromatic N) is 1. The Hall–Kier alpha value is -2.21. The number of carboxylic acids is 1. The molecule has 0 N–H and O–H groups in total. The Balaban J connectivity index is 2.16. The first-order valence-corrected chi connectivity index (χ1v) is 8.56. The van der Waals surface area contributed by atoms with Gasteiger partial charge in [-0.2, -0.15) is 0 Å². The molecule has 6 heteroatoms. The van der Waals surface area contributed by atoms with Crippen molar-refractivity contribution in [1.29, 1.82) is 0 Å². The summed E-state index contributed by atoms with van der Waals surface area (Å²) in [7, 11) is 0. The van der Waals surface area contributed by atoms with E-state index in [-0.39, 0.29) is 28.5 Å². The monoisotopic (exact) mass is 346 g/mol. The summed E-state index contributed by atoms with van der Waals surface area (Å²) < 4.78 is 5.70. The van der Waals surface area contributed by atoms with Crippen molar-refractivity contribution < 1.29 is 19.4 Å². The quantitative estimate of drug-likeness (QED) is 0.751. The van der Waals surface area contributed by atoms with Crippen LogP contribution in [0.25, 0.3) is 0 Å². The third-order valence-corrected chi connectivity index (χ3v) is 4.45. The Morgan fingerprint density at radius 3 is 2.54 bits per heavy atom. The predicted molar refractivity (Wildman–Crippen MR) is 90.8 cm³/mol. The van der Waals surface area contributed by atoms with E-state index in [0.717, 1.165) is 23.3 Å². The van der Waals surface area contributed by atoms with Crippen LogP contribution in [0.1, 0.15) is 59.1 Å². The van der Waals surface area contributed by atoms with Crippen LogP contribution in [0.4, 0.5) is 0 Å². The Labute approximate surface area is 145 Å². The maximum Gasteiger partial charge on any atom is 0.228 e. The van der Waals surface area contributed by atoms with Crippen LogP contribution >= 0.6 is 11.3 Å². The van der Waals surface area contributed by atoms with E-state index in [9.17, 15) is 14.7 Å². The molecule has 0 saturated heterocycles. The number of aromatic carboxylic acids is 1. The standard InChI is InChI=1S/C18H21NO4S/c1-5-11-6-7-15(12(8-11)18(2,3)4)23-9-14(20)16-19-13(10-24-16)17(21)22/h6-8,10H,5,9H2,1-4H3,(H,21,22)/p-1. The number of aromatic nitrogens is 1. The van der Waals surface area contributed by atoms with Gasteiger partial charge in [0.05, 0.1) is 11.7 Å². The highest BCUT2D eigenvalue weighted by molar-refractivity contribution is 7.12. The third-order valence-electron chi connectivity index (χ3n) is 3.57. The second kappa shape index (κ2) is 7.13. The molecule has 0 radical (unpaired) electrons. The van der Waals surface area contributed by atoms with Gasteiger partial charge in [0.2, 0.25) is 5.78 Å². The Morgan fingerprint density at radius 2 is 2.00 bits per heavy atom. The second-order valence-corrected chi connectivity index (χ2v) is 7.33. The maximum absolute atomic E-state index is 12.1. The molecule has 24 heavy (non-hydrogen) atoms. The average molecular weight is 346 g/mol. The first-order valence-electron chi connectivity index (χ1n) is 7.68. The van der Waals surface area contributed by atoms with Gasteiger partial charge >= 0.3 is 0 Å². The molecule has 0 atom stereocenters. The van der Waals surface area contributed by atoms with Gasteiger partial charge in [0, 0.05) is 5.38 Å².